The quantitative estimate of drug-likeness (QED) is 0.797. The first-order chi connectivity index (χ1) is 7.63. The lowest BCUT2D eigenvalue weighted by Crippen LogP contribution is -2.45. The number of hydrogen-bond acceptors (Lipinski definition) is 3. The molecule has 16 heavy (non-hydrogen) atoms. The second-order valence-electron chi connectivity index (χ2n) is 5.18. The molecular formula is C12H22N2O2. The van der Waals surface area contributed by atoms with Crippen LogP contribution < -0.4 is 5.32 Å². The van der Waals surface area contributed by atoms with Crippen molar-refractivity contribution < 1.29 is 9.53 Å². The summed E-state index contributed by atoms with van der Waals surface area (Å²) in [7, 11) is 0. The van der Waals surface area contributed by atoms with Gasteiger partial charge >= 0.3 is 6.09 Å². The van der Waals surface area contributed by atoms with Crippen molar-refractivity contribution >= 4 is 6.09 Å². The van der Waals surface area contributed by atoms with Crippen molar-refractivity contribution in [3.8, 4) is 0 Å². The van der Waals surface area contributed by atoms with Crippen molar-refractivity contribution in [2.75, 3.05) is 19.6 Å². The van der Waals surface area contributed by atoms with E-state index >= 15 is 0 Å². The van der Waals surface area contributed by atoms with Crippen LogP contribution in [-0.4, -0.2) is 42.3 Å². The van der Waals surface area contributed by atoms with Crippen LogP contribution >= 0.6 is 0 Å². The molecule has 0 bridgehead atoms. The van der Waals surface area contributed by atoms with Crippen LogP contribution in [0.4, 0.5) is 4.79 Å². The number of amides is 1. The van der Waals surface area contributed by atoms with Gasteiger partial charge in [0.1, 0.15) is 5.60 Å². The maximum Gasteiger partial charge on any atom is 0.407 e. The fourth-order valence-corrected chi connectivity index (χ4v) is 2.87. The molecule has 2 unspecified atom stereocenters. The molecule has 4 heteroatoms. The van der Waals surface area contributed by atoms with Crippen LogP contribution in [0.2, 0.25) is 0 Å². The molecule has 0 aromatic carbocycles. The minimum Gasteiger partial charge on any atom is -0.441 e. The van der Waals surface area contributed by atoms with E-state index in [9.17, 15) is 4.79 Å². The third-order valence-electron chi connectivity index (χ3n) is 3.77. The first-order valence-electron chi connectivity index (χ1n) is 6.34. The second kappa shape index (κ2) is 4.62. The maximum absolute atomic E-state index is 11.1. The molecule has 2 aliphatic rings. The molecule has 2 aliphatic heterocycles. The normalized spacial score (nSPS) is 35.9. The van der Waals surface area contributed by atoms with Gasteiger partial charge in [0.15, 0.2) is 0 Å². The average Bonchev–Trinajstić information content (AvgIpc) is 2.59. The fourth-order valence-electron chi connectivity index (χ4n) is 2.87. The molecule has 0 radical (unpaired) electrons. The van der Waals surface area contributed by atoms with Crippen molar-refractivity contribution in [3.05, 3.63) is 0 Å². The van der Waals surface area contributed by atoms with Crippen LogP contribution in [0.25, 0.3) is 0 Å². The Labute approximate surface area is 97.3 Å². The molecule has 2 heterocycles. The van der Waals surface area contributed by atoms with Gasteiger partial charge in [0.05, 0.1) is 6.54 Å². The molecule has 0 aromatic heterocycles. The van der Waals surface area contributed by atoms with Gasteiger partial charge in [-0.2, -0.15) is 0 Å². The van der Waals surface area contributed by atoms with Gasteiger partial charge in [0.25, 0.3) is 0 Å². The van der Waals surface area contributed by atoms with Crippen molar-refractivity contribution in [1.82, 2.24) is 10.2 Å². The van der Waals surface area contributed by atoms with E-state index in [1.54, 1.807) is 0 Å². The van der Waals surface area contributed by atoms with Crippen LogP contribution in [0.1, 0.15) is 39.5 Å². The van der Waals surface area contributed by atoms with E-state index in [4.69, 9.17) is 4.74 Å². The number of likely N-dealkylation sites (tertiary alicyclic amines) is 1. The summed E-state index contributed by atoms with van der Waals surface area (Å²) >= 11 is 0. The SMILES string of the molecule is CCN1CCCCC1CC1(C)CNC(=O)O1. The summed E-state index contributed by atoms with van der Waals surface area (Å²) in [6, 6.07) is 0.580. The van der Waals surface area contributed by atoms with Crippen LogP contribution in [0.3, 0.4) is 0 Å². The standard InChI is InChI=1S/C12H22N2O2/c1-3-14-7-5-4-6-10(14)8-12(2)9-13-11(15)16-12/h10H,3-9H2,1-2H3,(H,13,15). The molecule has 2 saturated heterocycles. The highest BCUT2D eigenvalue weighted by molar-refractivity contribution is 5.70. The fraction of sp³-hybridized carbons (Fsp3) is 0.917. The van der Waals surface area contributed by atoms with Crippen LogP contribution in [0.5, 0.6) is 0 Å². The zero-order chi connectivity index (χ0) is 11.6. The number of alkyl carbamates (subject to hydrolysis) is 1. The molecule has 4 nitrogen and oxygen atoms in total. The molecule has 2 fully saturated rings. The summed E-state index contributed by atoms with van der Waals surface area (Å²) in [5.74, 6) is 0. The Kier molecular flexibility index (Phi) is 3.38. The van der Waals surface area contributed by atoms with Crippen LogP contribution in [-0.2, 0) is 4.74 Å². The molecule has 92 valence electrons. The Balaban J connectivity index is 1.94. The highest BCUT2D eigenvalue weighted by Gasteiger charge is 2.39. The second-order valence-corrected chi connectivity index (χ2v) is 5.18. The minimum absolute atomic E-state index is 0.263. The predicted molar refractivity (Wildman–Crippen MR) is 62.4 cm³/mol. The third kappa shape index (κ3) is 2.48. The molecule has 0 spiro atoms. The first kappa shape index (κ1) is 11.7. The van der Waals surface area contributed by atoms with Gasteiger partial charge in [-0.05, 0) is 32.9 Å². The van der Waals surface area contributed by atoms with E-state index in [1.807, 2.05) is 6.92 Å². The molecule has 1 N–H and O–H groups in total. The number of piperidine rings is 1. The van der Waals surface area contributed by atoms with Gasteiger partial charge in [-0.3, -0.25) is 0 Å². The number of nitrogens with zero attached hydrogens (tertiary/aromatic N) is 1. The summed E-state index contributed by atoms with van der Waals surface area (Å²) in [5.41, 5.74) is -0.299. The lowest BCUT2D eigenvalue weighted by molar-refractivity contribution is 0.0261. The van der Waals surface area contributed by atoms with Crippen molar-refractivity contribution in [1.29, 1.82) is 0 Å². The van der Waals surface area contributed by atoms with Crippen LogP contribution in [0, 0.1) is 0 Å². The highest BCUT2D eigenvalue weighted by Crippen LogP contribution is 2.28. The van der Waals surface area contributed by atoms with E-state index in [2.05, 4.69) is 17.1 Å². The number of hydrogen-bond donors (Lipinski definition) is 1. The molecular weight excluding hydrogens is 204 g/mol. The molecule has 2 atom stereocenters. The zero-order valence-corrected chi connectivity index (χ0v) is 10.3. The van der Waals surface area contributed by atoms with Crippen LogP contribution in [0.15, 0.2) is 0 Å². The lowest BCUT2D eigenvalue weighted by Gasteiger charge is -2.38. The average molecular weight is 226 g/mol. The Morgan fingerprint density at radius 3 is 3.00 bits per heavy atom. The number of cyclic esters (lactones) is 1. The van der Waals surface area contributed by atoms with Gasteiger partial charge in [-0.25, -0.2) is 4.79 Å². The smallest absolute Gasteiger partial charge is 0.407 e. The van der Waals surface area contributed by atoms with Crippen molar-refractivity contribution in [2.24, 2.45) is 0 Å². The number of rotatable bonds is 3. The summed E-state index contributed by atoms with van der Waals surface area (Å²) < 4.78 is 5.37. The summed E-state index contributed by atoms with van der Waals surface area (Å²) in [6.07, 6.45) is 4.54. The first-order valence-corrected chi connectivity index (χ1v) is 6.34. The Hall–Kier alpha value is -0.770. The number of carbonyl (C=O) groups is 1. The summed E-state index contributed by atoms with van der Waals surface area (Å²) in [6.45, 7) is 7.19. The minimum atomic E-state index is -0.299. The Morgan fingerprint density at radius 2 is 2.38 bits per heavy atom. The summed E-state index contributed by atoms with van der Waals surface area (Å²) in [5, 5.41) is 2.75. The molecule has 2 rings (SSSR count). The van der Waals surface area contributed by atoms with E-state index in [0.717, 1.165) is 13.0 Å². The lowest BCUT2D eigenvalue weighted by atomic mass is 9.90. The van der Waals surface area contributed by atoms with Gasteiger partial charge in [0.2, 0.25) is 0 Å². The van der Waals surface area contributed by atoms with E-state index < -0.39 is 0 Å². The predicted octanol–water partition coefficient (Wildman–Crippen LogP) is 1.75. The zero-order valence-electron chi connectivity index (χ0n) is 10.3. The van der Waals surface area contributed by atoms with Gasteiger partial charge in [-0.1, -0.05) is 13.3 Å². The monoisotopic (exact) mass is 226 g/mol. The van der Waals surface area contributed by atoms with Crippen molar-refractivity contribution in [2.45, 2.75) is 51.2 Å². The molecule has 0 saturated carbocycles. The Bertz CT molecular complexity index is 270. The van der Waals surface area contributed by atoms with Gasteiger partial charge in [-0.15, -0.1) is 0 Å². The van der Waals surface area contributed by atoms with Gasteiger partial charge in [0, 0.05) is 12.5 Å². The summed E-state index contributed by atoms with van der Waals surface area (Å²) in [4.78, 5) is 13.6. The maximum atomic E-state index is 11.1. The third-order valence-corrected chi connectivity index (χ3v) is 3.77. The van der Waals surface area contributed by atoms with E-state index in [-0.39, 0.29) is 11.7 Å². The number of carbonyl (C=O) groups excluding carboxylic acids is 1. The molecule has 0 aliphatic carbocycles. The molecule has 0 aromatic rings. The number of ether oxygens (including phenoxy) is 1. The topological polar surface area (TPSA) is 41.6 Å². The largest absolute Gasteiger partial charge is 0.441 e. The van der Waals surface area contributed by atoms with E-state index in [0.29, 0.717) is 12.6 Å². The van der Waals surface area contributed by atoms with Gasteiger partial charge < -0.3 is 15.0 Å². The van der Waals surface area contributed by atoms with E-state index in [1.165, 1.54) is 25.8 Å². The van der Waals surface area contributed by atoms with Crippen molar-refractivity contribution in [3.63, 3.8) is 0 Å². The Morgan fingerprint density at radius 1 is 1.56 bits per heavy atom. The highest BCUT2D eigenvalue weighted by atomic mass is 16.6. The number of nitrogens with one attached hydrogen (secondary N) is 1. The molecule has 1 amide bonds.